The lowest BCUT2D eigenvalue weighted by Crippen LogP contribution is -2.51. The molecule has 2 saturated heterocycles. The molecule has 0 radical (unpaired) electrons. The number of hydrogen-bond donors (Lipinski definition) is 0. The van der Waals surface area contributed by atoms with Crippen molar-refractivity contribution in [2.24, 2.45) is 5.92 Å². The van der Waals surface area contributed by atoms with Crippen LogP contribution in [0.4, 0.5) is 0 Å². The molecular formula is C11H18N2. The normalized spacial score (nSPS) is 35.7. The summed E-state index contributed by atoms with van der Waals surface area (Å²) in [6, 6.07) is 3.57. The minimum Gasteiger partial charge on any atom is -0.296 e. The maximum atomic E-state index is 8.66. The van der Waals surface area contributed by atoms with E-state index in [0.717, 1.165) is 12.0 Å². The van der Waals surface area contributed by atoms with Gasteiger partial charge in [-0.15, -0.1) is 0 Å². The average Bonchev–Trinajstić information content (AvgIpc) is 2.20. The minimum atomic E-state index is 0.484. The smallest absolute Gasteiger partial charge is 0.0638 e. The van der Waals surface area contributed by atoms with Crippen molar-refractivity contribution in [1.29, 1.82) is 5.26 Å². The summed E-state index contributed by atoms with van der Waals surface area (Å²) in [5.74, 6) is 0.936. The van der Waals surface area contributed by atoms with Crippen molar-refractivity contribution in [2.75, 3.05) is 6.54 Å². The number of piperidine rings is 2. The van der Waals surface area contributed by atoms with E-state index in [1.54, 1.807) is 0 Å². The van der Waals surface area contributed by atoms with E-state index in [1.807, 2.05) is 0 Å². The Bertz CT molecular complexity index is 211. The van der Waals surface area contributed by atoms with Gasteiger partial charge in [0, 0.05) is 18.6 Å². The maximum Gasteiger partial charge on any atom is 0.0638 e. The van der Waals surface area contributed by atoms with Gasteiger partial charge in [0.15, 0.2) is 0 Å². The van der Waals surface area contributed by atoms with Gasteiger partial charge in [-0.05, 0) is 38.5 Å². The highest BCUT2D eigenvalue weighted by molar-refractivity contribution is 4.92. The summed E-state index contributed by atoms with van der Waals surface area (Å²) in [4.78, 5) is 2.57. The van der Waals surface area contributed by atoms with E-state index >= 15 is 0 Å². The molecule has 13 heavy (non-hydrogen) atoms. The Labute approximate surface area is 80.5 Å². The Balaban J connectivity index is 1.97. The summed E-state index contributed by atoms with van der Waals surface area (Å²) in [5, 5.41) is 8.66. The predicted molar refractivity (Wildman–Crippen MR) is 52.1 cm³/mol. The Morgan fingerprint density at radius 2 is 2.08 bits per heavy atom. The molecule has 3 aliphatic rings. The zero-order valence-corrected chi connectivity index (χ0v) is 8.37. The van der Waals surface area contributed by atoms with Gasteiger partial charge in [-0.25, -0.2) is 0 Å². The molecule has 2 bridgehead atoms. The number of rotatable bonds is 2. The Morgan fingerprint density at radius 1 is 1.38 bits per heavy atom. The third-order valence-corrected chi connectivity index (χ3v) is 3.71. The predicted octanol–water partition coefficient (Wildman–Crippen LogP) is 2.16. The van der Waals surface area contributed by atoms with Gasteiger partial charge < -0.3 is 0 Å². The summed E-state index contributed by atoms with van der Waals surface area (Å²) in [5.41, 5.74) is 0. The van der Waals surface area contributed by atoms with Crippen molar-refractivity contribution in [3.63, 3.8) is 0 Å². The molecule has 3 rings (SSSR count). The lowest BCUT2D eigenvalue weighted by atomic mass is 9.79. The molecule has 0 aromatic rings. The topological polar surface area (TPSA) is 27.0 Å². The van der Waals surface area contributed by atoms with Gasteiger partial charge in [-0.1, -0.05) is 0 Å². The molecule has 1 aliphatic carbocycles. The molecule has 0 N–H and O–H groups in total. The monoisotopic (exact) mass is 178 g/mol. The van der Waals surface area contributed by atoms with Gasteiger partial charge in [-0.2, -0.15) is 5.26 Å². The van der Waals surface area contributed by atoms with Crippen LogP contribution in [0.2, 0.25) is 0 Å². The molecule has 1 atom stereocenters. The standard InChI is InChI=1S/C11H18N2/c1-9(6-7-12)13-8-10-2-4-11(13)5-3-10/h9-11H,2-6,8H2,1H3. The van der Waals surface area contributed by atoms with Gasteiger partial charge in [-0.3, -0.25) is 4.90 Å². The van der Waals surface area contributed by atoms with E-state index in [2.05, 4.69) is 17.9 Å². The molecule has 1 saturated carbocycles. The largest absolute Gasteiger partial charge is 0.296 e. The lowest BCUT2D eigenvalue weighted by molar-refractivity contribution is 0.0207. The molecule has 3 fully saturated rings. The zero-order chi connectivity index (χ0) is 9.26. The minimum absolute atomic E-state index is 0.484. The Hall–Kier alpha value is -0.550. The highest BCUT2D eigenvalue weighted by atomic mass is 15.2. The molecule has 1 unspecified atom stereocenters. The highest BCUT2D eigenvalue weighted by Crippen LogP contribution is 2.36. The Kier molecular flexibility index (Phi) is 2.55. The van der Waals surface area contributed by atoms with Crippen LogP contribution >= 0.6 is 0 Å². The van der Waals surface area contributed by atoms with Crippen LogP contribution in [0.1, 0.15) is 39.0 Å². The zero-order valence-electron chi connectivity index (χ0n) is 8.37. The summed E-state index contributed by atoms with van der Waals surface area (Å²) in [6.45, 7) is 3.46. The van der Waals surface area contributed by atoms with Crippen LogP contribution in [-0.2, 0) is 0 Å². The molecule has 0 amide bonds. The first-order valence-corrected chi connectivity index (χ1v) is 5.44. The van der Waals surface area contributed by atoms with Crippen LogP contribution in [0, 0.1) is 17.2 Å². The van der Waals surface area contributed by atoms with E-state index in [9.17, 15) is 0 Å². The second-order valence-corrected chi connectivity index (χ2v) is 4.58. The van der Waals surface area contributed by atoms with Crippen LogP contribution in [0.15, 0.2) is 0 Å². The number of nitrogens with zero attached hydrogens (tertiary/aromatic N) is 2. The molecule has 72 valence electrons. The molecule has 2 heteroatoms. The first-order chi connectivity index (χ1) is 6.31. The highest BCUT2D eigenvalue weighted by Gasteiger charge is 2.35. The van der Waals surface area contributed by atoms with E-state index in [0.29, 0.717) is 12.5 Å². The van der Waals surface area contributed by atoms with E-state index in [1.165, 1.54) is 32.2 Å². The number of nitriles is 1. The first kappa shape index (κ1) is 9.02. The average molecular weight is 178 g/mol. The third-order valence-electron chi connectivity index (χ3n) is 3.71. The van der Waals surface area contributed by atoms with E-state index < -0.39 is 0 Å². The number of fused-ring (bicyclic) bond motifs is 3. The number of hydrogen-bond acceptors (Lipinski definition) is 2. The third kappa shape index (κ3) is 1.71. The molecule has 2 aliphatic heterocycles. The van der Waals surface area contributed by atoms with E-state index in [-0.39, 0.29) is 0 Å². The second kappa shape index (κ2) is 3.67. The summed E-state index contributed by atoms with van der Waals surface area (Å²) >= 11 is 0. The molecule has 2 nitrogen and oxygen atoms in total. The molecule has 0 aromatic carbocycles. The molecular weight excluding hydrogens is 160 g/mol. The van der Waals surface area contributed by atoms with E-state index in [4.69, 9.17) is 5.26 Å². The van der Waals surface area contributed by atoms with Crippen LogP contribution < -0.4 is 0 Å². The fraction of sp³-hybridized carbons (Fsp3) is 0.909. The fourth-order valence-electron chi connectivity index (χ4n) is 2.90. The molecule has 2 heterocycles. The van der Waals surface area contributed by atoms with Gasteiger partial charge >= 0.3 is 0 Å². The van der Waals surface area contributed by atoms with Crippen molar-refractivity contribution < 1.29 is 0 Å². The fourth-order valence-corrected chi connectivity index (χ4v) is 2.90. The summed E-state index contributed by atoms with van der Waals surface area (Å²) < 4.78 is 0. The van der Waals surface area contributed by atoms with Crippen LogP contribution in [0.5, 0.6) is 0 Å². The first-order valence-electron chi connectivity index (χ1n) is 5.44. The van der Waals surface area contributed by atoms with Gasteiger partial charge in [0.25, 0.3) is 0 Å². The van der Waals surface area contributed by atoms with Crippen LogP contribution in [-0.4, -0.2) is 23.5 Å². The molecule has 0 spiro atoms. The van der Waals surface area contributed by atoms with Crippen molar-refractivity contribution in [3.8, 4) is 6.07 Å². The summed E-state index contributed by atoms with van der Waals surface area (Å²) in [6.07, 6.45) is 6.31. The Morgan fingerprint density at radius 3 is 2.54 bits per heavy atom. The van der Waals surface area contributed by atoms with Gasteiger partial charge in [0.2, 0.25) is 0 Å². The van der Waals surface area contributed by atoms with Crippen molar-refractivity contribution in [1.82, 2.24) is 4.90 Å². The van der Waals surface area contributed by atoms with Crippen molar-refractivity contribution >= 4 is 0 Å². The molecule has 0 aromatic heterocycles. The van der Waals surface area contributed by atoms with Gasteiger partial charge in [0.05, 0.1) is 12.5 Å². The second-order valence-electron chi connectivity index (χ2n) is 4.58. The SMILES string of the molecule is CC(CC#N)N1CC2CCC1CC2. The summed E-state index contributed by atoms with van der Waals surface area (Å²) in [7, 11) is 0. The van der Waals surface area contributed by atoms with Gasteiger partial charge in [0.1, 0.15) is 0 Å². The van der Waals surface area contributed by atoms with Crippen molar-refractivity contribution in [3.05, 3.63) is 0 Å². The lowest BCUT2D eigenvalue weighted by Gasteiger charge is -2.47. The van der Waals surface area contributed by atoms with Crippen LogP contribution in [0.3, 0.4) is 0 Å². The van der Waals surface area contributed by atoms with Crippen molar-refractivity contribution in [2.45, 2.75) is 51.1 Å². The van der Waals surface area contributed by atoms with Crippen LogP contribution in [0.25, 0.3) is 0 Å². The maximum absolute atomic E-state index is 8.66. The quantitative estimate of drug-likeness (QED) is 0.648.